The summed E-state index contributed by atoms with van der Waals surface area (Å²) in [7, 11) is 1.70. The molecular formula is C18H17N2OS+. The number of rotatable bonds is 3. The van der Waals surface area contributed by atoms with E-state index < -0.39 is 0 Å². The first kappa shape index (κ1) is 13.5. The molecule has 0 saturated heterocycles. The van der Waals surface area contributed by atoms with Crippen LogP contribution in [0.15, 0.2) is 66.0 Å². The molecule has 0 atom stereocenters. The fourth-order valence-electron chi connectivity index (χ4n) is 2.83. The lowest BCUT2D eigenvalue weighted by molar-refractivity contribution is -0.723. The Labute approximate surface area is 134 Å². The van der Waals surface area contributed by atoms with Gasteiger partial charge in [-0.1, -0.05) is 30.3 Å². The summed E-state index contributed by atoms with van der Waals surface area (Å²) in [4.78, 5) is 0. The summed E-state index contributed by atoms with van der Waals surface area (Å²) in [6, 6.07) is 18.8. The molecule has 2 aromatic carbocycles. The molecule has 0 saturated carbocycles. The van der Waals surface area contributed by atoms with Crippen LogP contribution in [0.4, 0.5) is 0 Å². The van der Waals surface area contributed by atoms with E-state index in [1.807, 2.05) is 23.9 Å². The van der Waals surface area contributed by atoms with E-state index in [0.29, 0.717) is 0 Å². The highest BCUT2D eigenvalue weighted by Gasteiger charge is 2.30. The standard InChI is InChI=1S/C18H17N2OS/c1-21-16-9-7-15(8-10-16)20-17(14-5-3-2-4-6-14)13-19-11-12-22-18(19)20/h2-10,13H,11-12H2,1H3/q+1. The fraction of sp³-hybridized carbons (Fsp3) is 0.167. The van der Waals surface area contributed by atoms with E-state index in [0.717, 1.165) is 18.0 Å². The summed E-state index contributed by atoms with van der Waals surface area (Å²) in [5, 5.41) is 1.30. The van der Waals surface area contributed by atoms with Gasteiger partial charge in [-0.3, -0.25) is 0 Å². The monoisotopic (exact) mass is 309 g/mol. The van der Waals surface area contributed by atoms with Crippen molar-refractivity contribution in [2.75, 3.05) is 12.9 Å². The average Bonchev–Trinajstić information content (AvgIpc) is 3.16. The fourth-order valence-corrected chi connectivity index (χ4v) is 3.94. The number of thioether (sulfide) groups is 1. The molecule has 1 aromatic heterocycles. The van der Waals surface area contributed by atoms with Crippen LogP contribution in [-0.2, 0) is 6.54 Å². The maximum Gasteiger partial charge on any atom is 0.323 e. The number of hydrogen-bond acceptors (Lipinski definition) is 2. The predicted molar refractivity (Wildman–Crippen MR) is 88.7 cm³/mol. The molecule has 0 unspecified atom stereocenters. The normalized spacial score (nSPS) is 13.1. The van der Waals surface area contributed by atoms with Gasteiger partial charge in [0.05, 0.1) is 7.11 Å². The molecule has 3 aromatic rings. The van der Waals surface area contributed by atoms with Gasteiger partial charge in [-0.2, -0.15) is 4.57 Å². The van der Waals surface area contributed by atoms with Gasteiger partial charge < -0.3 is 4.74 Å². The Morgan fingerprint density at radius 1 is 1.05 bits per heavy atom. The second-order valence-electron chi connectivity index (χ2n) is 5.24. The molecule has 1 aliphatic heterocycles. The third kappa shape index (κ3) is 2.20. The quantitative estimate of drug-likeness (QED) is 0.689. The summed E-state index contributed by atoms with van der Waals surface area (Å²) in [6.45, 7) is 1.07. The topological polar surface area (TPSA) is 18.0 Å². The highest BCUT2D eigenvalue weighted by molar-refractivity contribution is 7.99. The van der Waals surface area contributed by atoms with Crippen molar-refractivity contribution in [1.82, 2.24) is 4.57 Å². The van der Waals surface area contributed by atoms with E-state index in [4.69, 9.17) is 4.74 Å². The SMILES string of the molecule is COc1ccc(-n2c(-c3ccccc3)c[n+]3c2SCC3)cc1. The third-order valence-corrected chi connectivity index (χ3v) is 4.98. The van der Waals surface area contributed by atoms with Crippen LogP contribution in [-0.4, -0.2) is 17.4 Å². The molecular weight excluding hydrogens is 292 g/mol. The molecule has 4 rings (SSSR count). The van der Waals surface area contributed by atoms with Crippen molar-refractivity contribution < 1.29 is 9.30 Å². The third-order valence-electron chi connectivity index (χ3n) is 3.92. The van der Waals surface area contributed by atoms with Gasteiger partial charge in [0, 0.05) is 11.3 Å². The zero-order chi connectivity index (χ0) is 14.9. The Bertz CT molecular complexity index is 794. The lowest BCUT2D eigenvalue weighted by Crippen LogP contribution is -2.30. The summed E-state index contributed by atoms with van der Waals surface area (Å²) in [5.74, 6) is 2.02. The summed E-state index contributed by atoms with van der Waals surface area (Å²) < 4.78 is 9.96. The number of ether oxygens (including phenoxy) is 1. The van der Waals surface area contributed by atoms with Crippen molar-refractivity contribution in [3.8, 4) is 22.7 Å². The van der Waals surface area contributed by atoms with Crippen molar-refractivity contribution in [2.45, 2.75) is 11.7 Å². The number of benzene rings is 2. The average molecular weight is 309 g/mol. The molecule has 0 bridgehead atoms. The van der Waals surface area contributed by atoms with Crippen LogP contribution in [0.2, 0.25) is 0 Å². The largest absolute Gasteiger partial charge is 0.497 e. The molecule has 0 aliphatic carbocycles. The Morgan fingerprint density at radius 2 is 1.82 bits per heavy atom. The van der Waals surface area contributed by atoms with Crippen LogP contribution >= 0.6 is 11.8 Å². The van der Waals surface area contributed by atoms with Crippen LogP contribution in [0.25, 0.3) is 16.9 Å². The first-order valence-corrected chi connectivity index (χ1v) is 8.33. The van der Waals surface area contributed by atoms with E-state index in [1.54, 1.807) is 7.11 Å². The van der Waals surface area contributed by atoms with Crippen LogP contribution in [0, 0.1) is 0 Å². The number of methoxy groups -OCH3 is 1. The number of nitrogens with zero attached hydrogens (tertiary/aromatic N) is 2. The predicted octanol–water partition coefficient (Wildman–Crippen LogP) is 3.55. The highest BCUT2D eigenvalue weighted by Crippen LogP contribution is 2.31. The summed E-state index contributed by atoms with van der Waals surface area (Å²) >= 11 is 1.91. The molecule has 0 amide bonds. The van der Waals surface area contributed by atoms with E-state index in [9.17, 15) is 0 Å². The van der Waals surface area contributed by atoms with Gasteiger partial charge in [0.2, 0.25) is 0 Å². The van der Waals surface area contributed by atoms with Crippen LogP contribution in [0.3, 0.4) is 0 Å². The zero-order valence-electron chi connectivity index (χ0n) is 12.4. The van der Waals surface area contributed by atoms with Gasteiger partial charge in [0.1, 0.15) is 24.2 Å². The van der Waals surface area contributed by atoms with Crippen molar-refractivity contribution in [3.05, 3.63) is 60.8 Å². The maximum absolute atomic E-state index is 5.27. The van der Waals surface area contributed by atoms with E-state index in [2.05, 4.69) is 57.8 Å². The van der Waals surface area contributed by atoms with E-state index >= 15 is 0 Å². The highest BCUT2D eigenvalue weighted by atomic mass is 32.2. The van der Waals surface area contributed by atoms with Crippen LogP contribution in [0.5, 0.6) is 5.75 Å². The maximum atomic E-state index is 5.27. The molecule has 0 radical (unpaired) electrons. The number of fused-ring (bicyclic) bond motifs is 1. The molecule has 0 fully saturated rings. The molecule has 1 aliphatic rings. The van der Waals surface area contributed by atoms with Gasteiger partial charge in [-0.05, 0) is 36.0 Å². The van der Waals surface area contributed by atoms with Crippen molar-refractivity contribution >= 4 is 11.8 Å². The lowest BCUT2D eigenvalue weighted by Gasteiger charge is -2.05. The summed E-state index contributed by atoms with van der Waals surface area (Å²) in [6.07, 6.45) is 2.26. The van der Waals surface area contributed by atoms with E-state index in [-0.39, 0.29) is 0 Å². The first-order chi connectivity index (χ1) is 10.9. The molecule has 2 heterocycles. The number of aromatic nitrogens is 2. The number of aryl methyl sites for hydroxylation is 1. The van der Waals surface area contributed by atoms with E-state index in [1.165, 1.54) is 22.1 Å². The van der Waals surface area contributed by atoms with Gasteiger partial charge in [-0.25, -0.2) is 4.57 Å². The summed E-state index contributed by atoms with van der Waals surface area (Å²) in [5.41, 5.74) is 3.64. The second-order valence-corrected chi connectivity index (χ2v) is 6.30. The molecule has 110 valence electrons. The number of imidazole rings is 1. The second kappa shape index (κ2) is 5.54. The minimum Gasteiger partial charge on any atom is -0.497 e. The van der Waals surface area contributed by atoms with Gasteiger partial charge in [-0.15, -0.1) is 0 Å². The van der Waals surface area contributed by atoms with Crippen molar-refractivity contribution in [3.63, 3.8) is 0 Å². The van der Waals surface area contributed by atoms with Crippen LogP contribution < -0.4 is 9.30 Å². The van der Waals surface area contributed by atoms with Gasteiger partial charge >= 0.3 is 5.16 Å². The van der Waals surface area contributed by atoms with Crippen molar-refractivity contribution in [2.24, 2.45) is 0 Å². The lowest BCUT2D eigenvalue weighted by atomic mass is 10.1. The van der Waals surface area contributed by atoms with Gasteiger partial charge in [0.15, 0.2) is 5.69 Å². The smallest absolute Gasteiger partial charge is 0.323 e. The first-order valence-electron chi connectivity index (χ1n) is 7.34. The minimum absolute atomic E-state index is 0.883. The molecule has 0 spiro atoms. The molecule has 4 heteroatoms. The Kier molecular flexibility index (Phi) is 3.39. The van der Waals surface area contributed by atoms with Gasteiger partial charge in [0.25, 0.3) is 0 Å². The Hall–Kier alpha value is -2.20. The zero-order valence-corrected chi connectivity index (χ0v) is 13.2. The Balaban J connectivity index is 1.89. The van der Waals surface area contributed by atoms with Crippen LogP contribution in [0.1, 0.15) is 0 Å². The molecule has 3 nitrogen and oxygen atoms in total. The molecule has 0 N–H and O–H groups in total. The number of hydrogen-bond donors (Lipinski definition) is 0. The van der Waals surface area contributed by atoms with Crippen molar-refractivity contribution in [1.29, 1.82) is 0 Å². The molecule has 22 heavy (non-hydrogen) atoms. The minimum atomic E-state index is 0.883. The Morgan fingerprint density at radius 3 is 2.55 bits per heavy atom.